The lowest BCUT2D eigenvalue weighted by Gasteiger charge is -2.22. The van der Waals surface area contributed by atoms with Crippen molar-refractivity contribution in [3.8, 4) is 11.5 Å². The highest BCUT2D eigenvalue weighted by Crippen LogP contribution is 2.22. The van der Waals surface area contributed by atoms with Crippen molar-refractivity contribution in [3.05, 3.63) is 84.1 Å². The van der Waals surface area contributed by atoms with Crippen LogP contribution in [0, 0.1) is 5.82 Å². The standard InChI is InChI=1S/C21H21FN2O3/c1-24(2)19(20-4-3-13-26-20)14-23-21(25)15-5-9-17(10-6-15)27-18-11-7-16(22)8-12-18/h3-13,19H,14H2,1-2H3,(H,23,25). The summed E-state index contributed by atoms with van der Waals surface area (Å²) in [6.07, 6.45) is 1.62. The van der Waals surface area contributed by atoms with Gasteiger partial charge in [0.05, 0.1) is 12.3 Å². The number of amides is 1. The van der Waals surface area contributed by atoms with Gasteiger partial charge in [0.15, 0.2) is 0 Å². The van der Waals surface area contributed by atoms with Crippen LogP contribution < -0.4 is 10.1 Å². The second-order valence-electron chi connectivity index (χ2n) is 6.29. The van der Waals surface area contributed by atoms with Gasteiger partial charge in [-0.15, -0.1) is 0 Å². The van der Waals surface area contributed by atoms with Crippen molar-refractivity contribution in [1.29, 1.82) is 0 Å². The zero-order valence-corrected chi connectivity index (χ0v) is 15.2. The van der Waals surface area contributed by atoms with Crippen LogP contribution >= 0.6 is 0 Å². The minimum atomic E-state index is -0.319. The molecule has 140 valence electrons. The molecule has 0 fully saturated rings. The van der Waals surface area contributed by atoms with Crippen LogP contribution in [0.5, 0.6) is 11.5 Å². The molecule has 5 nitrogen and oxygen atoms in total. The molecule has 1 aromatic heterocycles. The Hall–Kier alpha value is -3.12. The summed E-state index contributed by atoms with van der Waals surface area (Å²) in [4.78, 5) is 14.4. The molecule has 6 heteroatoms. The zero-order valence-electron chi connectivity index (χ0n) is 15.2. The number of carbonyl (C=O) groups excluding carboxylic acids is 1. The minimum Gasteiger partial charge on any atom is -0.468 e. The second-order valence-corrected chi connectivity index (χ2v) is 6.29. The molecule has 2 aromatic carbocycles. The molecule has 3 rings (SSSR count). The average Bonchev–Trinajstić information content (AvgIpc) is 3.18. The van der Waals surface area contributed by atoms with Crippen LogP contribution in [0.15, 0.2) is 71.3 Å². The highest BCUT2D eigenvalue weighted by Gasteiger charge is 2.18. The molecular weight excluding hydrogens is 347 g/mol. The molecule has 1 unspecified atom stereocenters. The van der Waals surface area contributed by atoms with Crippen LogP contribution in [0.3, 0.4) is 0 Å². The second kappa shape index (κ2) is 8.51. The number of hydrogen-bond donors (Lipinski definition) is 1. The Morgan fingerprint density at radius 2 is 1.70 bits per heavy atom. The normalized spacial score (nSPS) is 12.0. The third-order valence-electron chi connectivity index (χ3n) is 4.12. The predicted molar refractivity (Wildman–Crippen MR) is 100 cm³/mol. The summed E-state index contributed by atoms with van der Waals surface area (Å²) in [6, 6.07) is 16.2. The first-order valence-electron chi connectivity index (χ1n) is 8.54. The van der Waals surface area contributed by atoms with E-state index in [-0.39, 0.29) is 17.8 Å². The van der Waals surface area contributed by atoms with Gasteiger partial charge in [-0.1, -0.05) is 0 Å². The van der Waals surface area contributed by atoms with Crippen molar-refractivity contribution in [2.45, 2.75) is 6.04 Å². The van der Waals surface area contributed by atoms with E-state index in [4.69, 9.17) is 9.15 Å². The van der Waals surface area contributed by atoms with Crippen LogP contribution in [-0.2, 0) is 0 Å². The van der Waals surface area contributed by atoms with E-state index in [0.717, 1.165) is 5.76 Å². The first-order chi connectivity index (χ1) is 13.0. The summed E-state index contributed by atoms with van der Waals surface area (Å²) >= 11 is 0. The maximum atomic E-state index is 12.9. The maximum Gasteiger partial charge on any atom is 0.251 e. The van der Waals surface area contributed by atoms with Gasteiger partial charge >= 0.3 is 0 Å². The van der Waals surface area contributed by atoms with Crippen molar-refractivity contribution in [2.75, 3.05) is 20.6 Å². The Kier molecular flexibility index (Phi) is 5.88. The minimum absolute atomic E-state index is 0.0509. The molecule has 0 bridgehead atoms. The number of ether oxygens (including phenoxy) is 1. The Morgan fingerprint density at radius 3 is 2.26 bits per heavy atom. The van der Waals surface area contributed by atoms with Crippen LogP contribution in [0.2, 0.25) is 0 Å². The smallest absolute Gasteiger partial charge is 0.251 e. The van der Waals surface area contributed by atoms with E-state index in [9.17, 15) is 9.18 Å². The van der Waals surface area contributed by atoms with Gasteiger partial charge in [0.1, 0.15) is 23.1 Å². The molecule has 1 atom stereocenters. The van der Waals surface area contributed by atoms with Gasteiger partial charge in [-0.2, -0.15) is 0 Å². The zero-order chi connectivity index (χ0) is 19.2. The van der Waals surface area contributed by atoms with E-state index >= 15 is 0 Å². The molecule has 27 heavy (non-hydrogen) atoms. The SMILES string of the molecule is CN(C)C(CNC(=O)c1ccc(Oc2ccc(F)cc2)cc1)c1ccco1. The van der Waals surface area contributed by atoms with Gasteiger partial charge in [0.25, 0.3) is 5.91 Å². The number of furan rings is 1. The van der Waals surface area contributed by atoms with E-state index in [1.807, 2.05) is 31.1 Å². The molecule has 0 saturated carbocycles. The number of nitrogens with one attached hydrogen (secondary N) is 1. The number of carbonyl (C=O) groups is 1. The summed E-state index contributed by atoms with van der Waals surface area (Å²) in [6.45, 7) is 0.424. The third kappa shape index (κ3) is 4.95. The van der Waals surface area contributed by atoms with E-state index in [0.29, 0.717) is 23.6 Å². The molecule has 0 saturated heterocycles. The van der Waals surface area contributed by atoms with Crippen molar-refractivity contribution in [2.24, 2.45) is 0 Å². The Labute approximate surface area is 157 Å². The van der Waals surface area contributed by atoms with Crippen LogP contribution in [0.1, 0.15) is 22.2 Å². The van der Waals surface area contributed by atoms with E-state index in [2.05, 4.69) is 5.32 Å². The summed E-state index contributed by atoms with van der Waals surface area (Å²) in [5, 5.41) is 2.92. The first-order valence-corrected chi connectivity index (χ1v) is 8.54. The molecule has 0 radical (unpaired) electrons. The highest BCUT2D eigenvalue weighted by atomic mass is 19.1. The maximum absolute atomic E-state index is 12.9. The van der Waals surface area contributed by atoms with E-state index in [1.165, 1.54) is 12.1 Å². The molecule has 1 heterocycles. The van der Waals surface area contributed by atoms with Crippen molar-refractivity contribution in [3.63, 3.8) is 0 Å². The summed E-state index contributed by atoms with van der Waals surface area (Å²) in [5.74, 6) is 1.39. The number of rotatable bonds is 7. The summed E-state index contributed by atoms with van der Waals surface area (Å²) in [5.41, 5.74) is 0.526. The fourth-order valence-corrected chi connectivity index (χ4v) is 2.62. The van der Waals surface area contributed by atoms with Gasteiger partial charge in [0, 0.05) is 12.1 Å². The lowest BCUT2D eigenvalue weighted by Crippen LogP contribution is -2.34. The summed E-state index contributed by atoms with van der Waals surface area (Å²) < 4.78 is 24.0. The molecule has 0 spiro atoms. The third-order valence-corrected chi connectivity index (χ3v) is 4.12. The summed E-state index contributed by atoms with van der Waals surface area (Å²) in [7, 11) is 3.86. The number of benzene rings is 2. The lowest BCUT2D eigenvalue weighted by molar-refractivity contribution is 0.0939. The molecule has 1 amide bonds. The Bertz CT molecular complexity index is 859. The topological polar surface area (TPSA) is 54.7 Å². The van der Waals surface area contributed by atoms with Crippen molar-refractivity contribution < 1.29 is 18.3 Å². The Morgan fingerprint density at radius 1 is 1.07 bits per heavy atom. The number of hydrogen-bond acceptors (Lipinski definition) is 4. The van der Waals surface area contributed by atoms with Crippen LogP contribution in [0.25, 0.3) is 0 Å². The molecular formula is C21H21FN2O3. The van der Waals surface area contributed by atoms with Crippen LogP contribution in [-0.4, -0.2) is 31.4 Å². The molecule has 0 aliphatic heterocycles. The van der Waals surface area contributed by atoms with Gasteiger partial charge in [-0.25, -0.2) is 4.39 Å². The van der Waals surface area contributed by atoms with Gasteiger partial charge in [-0.3, -0.25) is 9.69 Å². The van der Waals surface area contributed by atoms with Gasteiger partial charge < -0.3 is 14.5 Å². The van der Waals surface area contributed by atoms with E-state index < -0.39 is 0 Å². The monoisotopic (exact) mass is 368 g/mol. The largest absolute Gasteiger partial charge is 0.468 e. The van der Waals surface area contributed by atoms with Crippen molar-refractivity contribution >= 4 is 5.91 Å². The average molecular weight is 368 g/mol. The van der Waals surface area contributed by atoms with E-state index in [1.54, 1.807) is 42.7 Å². The molecule has 1 N–H and O–H groups in total. The lowest BCUT2D eigenvalue weighted by atomic mass is 10.1. The van der Waals surface area contributed by atoms with Gasteiger partial charge in [0.2, 0.25) is 0 Å². The van der Waals surface area contributed by atoms with Crippen LogP contribution in [0.4, 0.5) is 4.39 Å². The number of halogens is 1. The fraction of sp³-hybridized carbons (Fsp3) is 0.190. The molecule has 0 aliphatic rings. The van der Waals surface area contributed by atoms with Gasteiger partial charge in [-0.05, 0) is 74.8 Å². The molecule has 3 aromatic rings. The number of likely N-dealkylation sites (N-methyl/N-ethyl adjacent to an activating group) is 1. The quantitative estimate of drug-likeness (QED) is 0.678. The highest BCUT2D eigenvalue weighted by molar-refractivity contribution is 5.94. The predicted octanol–water partition coefficient (Wildman–Crippen LogP) is 4.24. The first kappa shape index (κ1) is 18.7. The van der Waals surface area contributed by atoms with Crippen molar-refractivity contribution in [1.82, 2.24) is 10.2 Å². The molecule has 0 aliphatic carbocycles. The number of nitrogens with zero attached hydrogens (tertiary/aromatic N) is 1. The fourth-order valence-electron chi connectivity index (χ4n) is 2.62. The Balaban J connectivity index is 1.59.